The Kier molecular flexibility index (Phi) is 4.66. The van der Waals surface area contributed by atoms with E-state index in [1.54, 1.807) is 28.6 Å². The zero-order chi connectivity index (χ0) is 14.0. The summed E-state index contributed by atoms with van der Waals surface area (Å²) < 4.78 is 27.5. The van der Waals surface area contributed by atoms with Gasteiger partial charge < -0.3 is 5.73 Å². The number of hydrogen-bond acceptors (Lipinski definition) is 3. The topological polar surface area (TPSA) is 63.4 Å². The molecule has 1 aliphatic rings. The van der Waals surface area contributed by atoms with Crippen molar-refractivity contribution in [2.75, 3.05) is 13.1 Å². The van der Waals surface area contributed by atoms with E-state index in [2.05, 4.69) is 15.9 Å². The molecule has 2 atom stereocenters. The summed E-state index contributed by atoms with van der Waals surface area (Å²) >= 11 is 3.31. The number of nitrogens with two attached hydrogens (primary N) is 1. The number of rotatable bonds is 3. The largest absolute Gasteiger partial charge is 0.328 e. The molecule has 1 aromatic carbocycles. The molecule has 2 unspecified atom stereocenters. The third-order valence-corrected chi connectivity index (χ3v) is 6.02. The van der Waals surface area contributed by atoms with Gasteiger partial charge in [0.05, 0.1) is 4.90 Å². The highest BCUT2D eigenvalue weighted by Gasteiger charge is 2.31. The Morgan fingerprint density at radius 2 is 2.00 bits per heavy atom. The van der Waals surface area contributed by atoms with Gasteiger partial charge in [0.2, 0.25) is 10.0 Å². The first kappa shape index (κ1) is 15.0. The van der Waals surface area contributed by atoms with Crippen molar-refractivity contribution in [3.05, 3.63) is 28.7 Å². The fraction of sp³-hybridized carbons (Fsp3) is 0.538. The van der Waals surface area contributed by atoms with E-state index in [1.165, 1.54) is 0 Å². The number of halogens is 1. The van der Waals surface area contributed by atoms with E-state index < -0.39 is 10.0 Å². The third-order valence-electron chi connectivity index (χ3n) is 3.62. The Labute approximate surface area is 123 Å². The Balaban J connectivity index is 2.22. The van der Waals surface area contributed by atoms with Crippen LogP contribution in [0.15, 0.2) is 33.6 Å². The van der Waals surface area contributed by atoms with Crippen LogP contribution in [0.25, 0.3) is 0 Å². The van der Waals surface area contributed by atoms with Crippen LogP contribution < -0.4 is 5.73 Å². The van der Waals surface area contributed by atoms with E-state index in [9.17, 15) is 8.42 Å². The number of nitrogens with zero attached hydrogens (tertiary/aromatic N) is 1. The van der Waals surface area contributed by atoms with Gasteiger partial charge >= 0.3 is 0 Å². The van der Waals surface area contributed by atoms with Gasteiger partial charge in [0, 0.05) is 23.6 Å². The second-order valence-electron chi connectivity index (χ2n) is 5.08. The van der Waals surface area contributed by atoms with Crippen molar-refractivity contribution < 1.29 is 8.42 Å². The molecule has 4 nitrogen and oxygen atoms in total. The van der Waals surface area contributed by atoms with Gasteiger partial charge in [0.15, 0.2) is 0 Å². The first-order valence-corrected chi connectivity index (χ1v) is 8.66. The van der Waals surface area contributed by atoms with Gasteiger partial charge in [-0.3, -0.25) is 0 Å². The summed E-state index contributed by atoms with van der Waals surface area (Å²) in [5.74, 6) is 0.249. The maximum Gasteiger partial charge on any atom is 0.243 e. The van der Waals surface area contributed by atoms with Gasteiger partial charge in [-0.15, -0.1) is 0 Å². The lowest BCUT2D eigenvalue weighted by Gasteiger charge is -2.33. The van der Waals surface area contributed by atoms with Gasteiger partial charge in [0.25, 0.3) is 0 Å². The molecular weight excluding hydrogens is 328 g/mol. The van der Waals surface area contributed by atoms with Gasteiger partial charge in [0.1, 0.15) is 0 Å². The molecule has 6 heteroatoms. The summed E-state index contributed by atoms with van der Waals surface area (Å²) in [5.41, 5.74) is 5.90. The molecule has 1 aliphatic heterocycles. The highest BCUT2D eigenvalue weighted by atomic mass is 79.9. The molecule has 1 aromatic rings. The van der Waals surface area contributed by atoms with Crippen LogP contribution in [0, 0.1) is 5.92 Å². The predicted molar refractivity (Wildman–Crippen MR) is 79.3 cm³/mol. The van der Waals surface area contributed by atoms with Crippen molar-refractivity contribution in [2.45, 2.75) is 30.7 Å². The Morgan fingerprint density at radius 3 is 2.58 bits per heavy atom. The quantitative estimate of drug-likeness (QED) is 0.912. The summed E-state index contributed by atoms with van der Waals surface area (Å²) in [6, 6.07) is 6.80. The monoisotopic (exact) mass is 346 g/mol. The molecule has 1 fully saturated rings. The molecule has 19 heavy (non-hydrogen) atoms. The number of hydrogen-bond donors (Lipinski definition) is 1. The minimum absolute atomic E-state index is 0.0305. The third kappa shape index (κ3) is 3.37. The maximum atomic E-state index is 12.5. The highest BCUT2D eigenvalue weighted by Crippen LogP contribution is 2.25. The Morgan fingerprint density at radius 1 is 1.37 bits per heavy atom. The number of piperidine rings is 1. The normalized spacial score (nSPS) is 23.2. The minimum Gasteiger partial charge on any atom is -0.328 e. The smallest absolute Gasteiger partial charge is 0.243 e. The predicted octanol–water partition coefficient (Wildman–Crippen LogP) is 2.20. The molecule has 0 bridgehead atoms. The minimum atomic E-state index is -3.39. The van der Waals surface area contributed by atoms with Crippen molar-refractivity contribution in [1.29, 1.82) is 0 Å². The van der Waals surface area contributed by atoms with Crippen molar-refractivity contribution in [2.24, 2.45) is 11.7 Å². The standard InChI is InChI=1S/C13H19BrN2O2S/c1-10(15)11-3-2-8-16(9-11)19(17,18)13-6-4-12(14)5-7-13/h4-7,10-11H,2-3,8-9,15H2,1H3. The van der Waals surface area contributed by atoms with E-state index in [0.29, 0.717) is 18.0 Å². The van der Waals surface area contributed by atoms with Crippen molar-refractivity contribution in [3.63, 3.8) is 0 Å². The molecule has 0 aromatic heterocycles. The molecule has 0 spiro atoms. The van der Waals surface area contributed by atoms with Crippen LogP contribution in [-0.4, -0.2) is 31.9 Å². The van der Waals surface area contributed by atoms with Crippen molar-refractivity contribution in [1.82, 2.24) is 4.31 Å². The second kappa shape index (κ2) is 5.91. The maximum absolute atomic E-state index is 12.5. The highest BCUT2D eigenvalue weighted by molar-refractivity contribution is 9.10. The lowest BCUT2D eigenvalue weighted by molar-refractivity contribution is 0.243. The van der Waals surface area contributed by atoms with Crippen LogP contribution in [0.2, 0.25) is 0 Å². The summed E-state index contributed by atoms with van der Waals surface area (Å²) in [7, 11) is -3.39. The average Bonchev–Trinajstić information content (AvgIpc) is 2.39. The van der Waals surface area contributed by atoms with E-state index in [1.807, 2.05) is 6.92 Å². The van der Waals surface area contributed by atoms with E-state index in [-0.39, 0.29) is 12.0 Å². The van der Waals surface area contributed by atoms with Gasteiger partial charge in [-0.1, -0.05) is 15.9 Å². The SMILES string of the molecule is CC(N)C1CCCN(S(=O)(=O)c2ccc(Br)cc2)C1. The van der Waals surface area contributed by atoms with Crippen LogP contribution in [0.1, 0.15) is 19.8 Å². The summed E-state index contributed by atoms with van der Waals surface area (Å²) in [6.45, 7) is 3.05. The van der Waals surface area contributed by atoms with Gasteiger partial charge in [-0.05, 0) is 49.9 Å². The van der Waals surface area contributed by atoms with Crippen LogP contribution in [0.3, 0.4) is 0 Å². The molecule has 1 saturated heterocycles. The molecule has 106 valence electrons. The van der Waals surface area contributed by atoms with E-state index in [0.717, 1.165) is 17.3 Å². The second-order valence-corrected chi connectivity index (χ2v) is 7.93. The zero-order valence-electron chi connectivity index (χ0n) is 10.9. The first-order chi connectivity index (χ1) is 8.91. The van der Waals surface area contributed by atoms with Gasteiger partial charge in [-0.2, -0.15) is 4.31 Å². The van der Waals surface area contributed by atoms with Crippen LogP contribution >= 0.6 is 15.9 Å². The summed E-state index contributed by atoms with van der Waals surface area (Å²) in [4.78, 5) is 0.348. The zero-order valence-corrected chi connectivity index (χ0v) is 13.3. The molecule has 1 heterocycles. The molecule has 0 amide bonds. The lowest BCUT2D eigenvalue weighted by atomic mass is 9.93. The number of benzene rings is 1. The fourth-order valence-corrected chi connectivity index (χ4v) is 4.18. The molecule has 0 saturated carbocycles. The average molecular weight is 347 g/mol. The molecule has 0 radical (unpaired) electrons. The van der Waals surface area contributed by atoms with Crippen molar-refractivity contribution in [3.8, 4) is 0 Å². The van der Waals surface area contributed by atoms with E-state index in [4.69, 9.17) is 5.73 Å². The Hall–Kier alpha value is -0.430. The molecule has 2 N–H and O–H groups in total. The first-order valence-electron chi connectivity index (χ1n) is 6.42. The van der Waals surface area contributed by atoms with Crippen LogP contribution in [0.5, 0.6) is 0 Å². The fourth-order valence-electron chi connectivity index (χ4n) is 2.38. The lowest BCUT2D eigenvalue weighted by Crippen LogP contribution is -2.44. The molecule has 0 aliphatic carbocycles. The summed E-state index contributed by atoms with van der Waals surface area (Å²) in [5, 5.41) is 0. The molecular formula is C13H19BrN2O2S. The van der Waals surface area contributed by atoms with Crippen LogP contribution in [0.4, 0.5) is 0 Å². The summed E-state index contributed by atoms with van der Waals surface area (Å²) in [6.07, 6.45) is 1.88. The molecule has 2 rings (SSSR count). The van der Waals surface area contributed by atoms with Crippen molar-refractivity contribution >= 4 is 26.0 Å². The Bertz CT molecular complexity index is 528. The van der Waals surface area contributed by atoms with Crippen LogP contribution in [-0.2, 0) is 10.0 Å². The number of sulfonamides is 1. The van der Waals surface area contributed by atoms with Gasteiger partial charge in [-0.25, -0.2) is 8.42 Å². The van der Waals surface area contributed by atoms with E-state index >= 15 is 0 Å².